The molecule has 2 heterocycles. The van der Waals surface area contributed by atoms with Crippen molar-refractivity contribution in [3.8, 4) is 0 Å². The quantitative estimate of drug-likeness (QED) is 0.459. The van der Waals surface area contributed by atoms with Gasteiger partial charge in [-0.15, -0.1) is 11.6 Å². The minimum atomic E-state index is -1.16. The van der Waals surface area contributed by atoms with Gasteiger partial charge < -0.3 is 15.2 Å². The van der Waals surface area contributed by atoms with E-state index >= 15 is 0 Å². The molecule has 0 saturated carbocycles. The average Bonchev–Trinajstić information content (AvgIpc) is 2.70. The first kappa shape index (κ1) is 12.9. The van der Waals surface area contributed by atoms with Crippen molar-refractivity contribution in [3.63, 3.8) is 0 Å². The molecular weight excluding hydrogens is 288 g/mol. The molecule has 2 atom stereocenters. The van der Waals surface area contributed by atoms with E-state index in [1.54, 1.807) is 0 Å². The fourth-order valence-corrected chi connectivity index (χ4v) is 2.17. The van der Waals surface area contributed by atoms with Crippen molar-refractivity contribution in [2.45, 2.75) is 12.2 Å². The molecular formula is C9H8Cl3N3O2. The molecule has 2 aromatic heterocycles. The summed E-state index contributed by atoms with van der Waals surface area (Å²) in [5.74, 6) is -0.0973. The Morgan fingerprint density at radius 1 is 1.29 bits per heavy atom. The van der Waals surface area contributed by atoms with E-state index in [-0.39, 0.29) is 16.3 Å². The summed E-state index contributed by atoms with van der Waals surface area (Å²) in [4.78, 5) is 10.5. The molecule has 3 N–H and O–H groups in total. The largest absolute Gasteiger partial charge is 0.389 e. The van der Waals surface area contributed by atoms with Crippen LogP contribution in [0.2, 0.25) is 10.4 Å². The number of hydrogen-bond donors (Lipinski definition) is 3. The third kappa shape index (κ3) is 2.34. The van der Waals surface area contributed by atoms with Crippen LogP contribution in [-0.2, 0) is 0 Å². The molecule has 5 nitrogen and oxygen atoms in total. The van der Waals surface area contributed by atoms with Gasteiger partial charge in [0.2, 0.25) is 5.28 Å². The highest BCUT2D eigenvalue weighted by molar-refractivity contribution is 6.35. The number of aliphatic hydroxyl groups is 2. The van der Waals surface area contributed by atoms with E-state index < -0.39 is 12.2 Å². The third-order valence-corrected chi connectivity index (χ3v) is 3.09. The molecule has 17 heavy (non-hydrogen) atoms. The summed E-state index contributed by atoms with van der Waals surface area (Å²) >= 11 is 17.0. The Labute approximate surface area is 111 Å². The first-order valence-electron chi connectivity index (χ1n) is 4.66. The second kappa shape index (κ2) is 4.96. The van der Waals surface area contributed by atoms with E-state index in [1.165, 1.54) is 6.20 Å². The van der Waals surface area contributed by atoms with Crippen molar-refractivity contribution in [2.75, 3.05) is 5.88 Å². The van der Waals surface area contributed by atoms with E-state index in [0.29, 0.717) is 16.6 Å². The Kier molecular flexibility index (Phi) is 3.75. The minimum absolute atomic E-state index is 0.00304. The van der Waals surface area contributed by atoms with Crippen LogP contribution in [0.4, 0.5) is 0 Å². The monoisotopic (exact) mass is 295 g/mol. The van der Waals surface area contributed by atoms with Gasteiger partial charge >= 0.3 is 0 Å². The van der Waals surface area contributed by atoms with Crippen LogP contribution in [0.5, 0.6) is 0 Å². The van der Waals surface area contributed by atoms with Crippen molar-refractivity contribution in [3.05, 3.63) is 22.2 Å². The zero-order chi connectivity index (χ0) is 12.6. The molecule has 0 aromatic carbocycles. The number of H-pyrrole nitrogens is 1. The third-order valence-electron chi connectivity index (χ3n) is 2.33. The van der Waals surface area contributed by atoms with Gasteiger partial charge in [-0.1, -0.05) is 11.6 Å². The lowest BCUT2D eigenvalue weighted by atomic mass is 10.1. The standard InChI is InChI=1S/C9H8Cl3N3O2/c10-1-4(16)6(17)3-2-13-8-5(3)7(11)14-9(12)15-8/h2,4,6,16-17H,1H2,(H,13,14,15). The molecule has 2 rings (SSSR count). The molecule has 0 radical (unpaired) electrons. The highest BCUT2D eigenvalue weighted by Crippen LogP contribution is 2.30. The van der Waals surface area contributed by atoms with Gasteiger partial charge in [-0.2, -0.15) is 4.98 Å². The molecule has 0 aliphatic carbocycles. The number of rotatable bonds is 3. The van der Waals surface area contributed by atoms with Crippen molar-refractivity contribution < 1.29 is 10.2 Å². The number of fused-ring (bicyclic) bond motifs is 1. The van der Waals surface area contributed by atoms with E-state index in [9.17, 15) is 10.2 Å². The first-order chi connectivity index (χ1) is 8.04. The van der Waals surface area contributed by atoms with Crippen molar-refractivity contribution >= 4 is 45.8 Å². The predicted molar refractivity (Wildman–Crippen MR) is 65.6 cm³/mol. The number of aromatic amines is 1. The van der Waals surface area contributed by atoms with Gasteiger partial charge in [0, 0.05) is 11.8 Å². The fourth-order valence-electron chi connectivity index (χ4n) is 1.51. The Morgan fingerprint density at radius 2 is 2.00 bits per heavy atom. The summed E-state index contributed by atoms with van der Waals surface area (Å²) in [7, 11) is 0. The summed E-state index contributed by atoms with van der Waals surface area (Å²) in [6.45, 7) is 0. The maximum Gasteiger partial charge on any atom is 0.225 e. The zero-order valence-corrected chi connectivity index (χ0v) is 10.6. The molecule has 0 aliphatic heterocycles. The van der Waals surface area contributed by atoms with Gasteiger partial charge in [-0.25, -0.2) is 4.98 Å². The molecule has 0 fully saturated rings. The highest BCUT2D eigenvalue weighted by Gasteiger charge is 2.23. The first-order valence-corrected chi connectivity index (χ1v) is 5.95. The van der Waals surface area contributed by atoms with Gasteiger partial charge in [0.05, 0.1) is 17.4 Å². The van der Waals surface area contributed by atoms with Crippen molar-refractivity contribution in [1.29, 1.82) is 0 Å². The predicted octanol–water partition coefficient (Wildman–Crippen LogP) is 1.90. The maximum atomic E-state index is 9.87. The number of nitrogens with zero attached hydrogens (tertiary/aromatic N) is 2. The molecule has 0 spiro atoms. The normalized spacial score (nSPS) is 15.1. The summed E-state index contributed by atoms with van der Waals surface area (Å²) in [5.41, 5.74) is 0.778. The highest BCUT2D eigenvalue weighted by atomic mass is 35.5. The number of aliphatic hydroxyl groups excluding tert-OH is 2. The van der Waals surface area contributed by atoms with Crippen LogP contribution < -0.4 is 0 Å². The molecule has 0 saturated heterocycles. The van der Waals surface area contributed by atoms with E-state index in [4.69, 9.17) is 34.8 Å². The summed E-state index contributed by atoms with van der Waals surface area (Å²) < 4.78 is 0. The molecule has 2 unspecified atom stereocenters. The summed E-state index contributed by atoms with van der Waals surface area (Å²) in [5, 5.41) is 19.9. The SMILES string of the molecule is OC(CCl)C(O)c1c[nH]c2nc(Cl)nc(Cl)c12. The topological polar surface area (TPSA) is 82.0 Å². The van der Waals surface area contributed by atoms with Gasteiger partial charge in [-0.3, -0.25) is 0 Å². The number of hydrogen-bond acceptors (Lipinski definition) is 4. The van der Waals surface area contributed by atoms with Crippen LogP contribution in [0, 0.1) is 0 Å². The second-order valence-corrected chi connectivity index (χ2v) is 4.42. The lowest BCUT2D eigenvalue weighted by molar-refractivity contribution is 0.0336. The number of alkyl halides is 1. The van der Waals surface area contributed by atoms with Crippen molar-refractivity contribution in [1.82, 2.24) is 15.0 Å². The van der Waals surface area contributed by atoms with Gasteiger partial charge in [0.25, 0.3) is 0 Å². The Morgan fingerprint density at radius 3 is 2.65 bits per heavy atom. The maximum absolute atomic E-state index is 9.87. The van der Waals surface area contributed by atoms with Gasteiger partial charge in [-0.05, 0) is 11.6 Å². The number of aromatic nitrogens is 3. The average molecular weight is 297 g/mol. The molecule has 0 bridgehead atoms. The lowest BCUT2D eigenvalue weighted by Gasteiger charge is -2.14. The molecule has 0 amide bonds. The van der Waals surface area contributed by atoms with Gasteiger partial charge in [0.15, 0.2) is 0 Å². The van der Waals surface area contributed by atoms with E-state index in [0.717, 1.165) is 0 Å². The van der Waals surface area contributed by atoms with Crippen molar-refractivity contribution in [2.24, 2.45) is 0 Å². The van der Waals surface area contributed by atoms with Crippen LogP contribution in [0.3, 0.4) is 0 Å². The van der Waals surface area contributed by atoms with Crippen LogP contribution in [0.15, 0.2) is 6.20 Å². The fraction of sp³-hybridized carbons (Fsp3) is 0.333. The van der Waals surface area contributed by atoms with Crippen LogP contribution in [0.1, 0.15) is 11.7 Å². The van der Waals surface area contributed by atoms with Crippen LogP contribution in [-0.4, -0.2) is 37.1 Å². The lowest BCUT2D eigenvalue weighted by Crippen LogP contribution is -2.19. The second-order valence-electron chi connectivity index (χ2n) is 3.42. The zero-order valence-electron chi connectivity index (χ0n) is 8.36. The summed E-state index contributed by atoms with van der Waals surface area (Å²) in [6.07, 6.45) is -0.770. The minimum Gasteiger partial charge on any atom is -0.389 e. The van der Waals surface area contributed by atoms with E-state index in [1.807, 2.05) is 0 Å². The van der Waals surface area contributed by atoms with Crippen LogP contribution >= 0.6 is 34.8 Å². The van der Waals surface area contributed by atoms with Crippen LogP contribution in [0.25, 0.3) is 11.0 Å². The van der Waals surface area contributed by atoms with Gasteiger partial charge in [0.1, 0.15) is 16.9 Å². The smallest absolute Gasteiger partial charge is 0.225 e. The summed E-state index contributed by atoms with van der Waals surface area (Å²) in [6, 6.07) is 0. The Balaban J connectivity index is 2.56. The van der Waals surface area contributed by atoms with E-state index in [2.05, 4.69) is 15.0 Å². The molecule has 8 heteroatoms. The Hall–Kier alpha value is -0.590. The Bertz CT molecular complexity index is 546. The molecule has 2 aromatic rings. The molecule has 92 valence electrons. The number of nitrogens with one attached hydrogen (secondary N) is 1. The molecule has 0 aliphatic rings. The number of halogens is 3.